The van der Waals surface area contributed by atoms with Gasteiger partial charge in [0.25, 0.3) is 0 Å². The van der Waals surface area contributed by atoms with Gasteiger partial charge in [0.15, 0.2) is 0 Å². The monoisotopic (exact) mass is 335 g/mol. The smallest absolute Gasteiger partial charge is 0.324 e. The number of carbonyl (C=O) groups is 2. The van der Waals surface area contributed by atoms with E-state index in [0.717, 1.165) is 12.8 Å². The van der Waals surface area contributed by atoms with Crippen LogP contribution in [0.15, 0.2) is 54.6 Å². The Morgan fingerprint density at radius 3 is 2.48 bits per heavy atom. The Balaban J connectivity index is 1.62. The molecule has 0 bridgehead atoms. The lowest BCUT2D eigenvalue weighted by atomic mass is 9.91. The molecule has 4 rings (SSSR count). The maximum Gasteiger partial charge on any atom is 0.324 e. The number of nitrogens with zero attached hydrogens (tertiary/aromatic N) is 2. The molecule has 0 radical (unpaired) electrons. The second-order valence-electron chi connectivity index (χ2n) is 6.49. The van der Waals surface area contributed by atoms with Crippen molar-refractivity contribution in [2.24, 2.45) is 0 Å². The molecule has 0 aromatic heterocycles. The number of aryl methyl sites for hydroxylation is 1. The summed E-state index contributed by atoms with van der Waals surface area (Å²) >= 11 is 0. The van der Waals surface area contributed by atoms with E-state index in [1.165, 1.54) is 21.7 Å². The van der Waals surface area contributed by atoms with Gasteiger partial charge in [-0.3, -0.25) is 9.69 Å². The second kappa shape index (κ2) is 6.59. The summed E-state index contributed by atoms with van der Waals surface area (Å²) in [7, 11) is 0. The molecule has 3 amide bonds. The molecule has 2 aliphatic rings. The van der Waals surface area contributed by atoms with Gasteiger partial charge in [-0.05, 0) is 30.0 Å². The summed E-state index contributed by atoms with van der Waals surface area (Å²) in [5.41, 5.74) is 3.80. The number of nitrogens with one attached hydrogen (secondary N) is 1. The lowest BCUT2D eigenvalue weighted by Gasteiger charge is -2.40. The van der Waals surface area contributed by atoms with Gasteiger partial charge in [0.2, 0.25) is 5.91 Å². The first-order valence-electron chi connectivity index (χ1n) is 8.72. The fourth-order valence-corrected chi connectivity index (χ4v) is 3.81. The average Bonchev–Trinajstić information content (AvgIpc) is 2.98. The Labute approximate surface area is 147 Å². The Kier molecular flexibility index (Phi) is 4.14. The Bertz CT molecular complexity index is 775. The number of carbonyl (C=O) groups excluding carboxylic acids is 2. The molecule has 128 valence electrons. The summed E-state index contributed by atoms with van der Waals surface area (Å²) in [6.45, 7) is 1.15. The minimum atomic E-state index is -0.286. The number of anilines is 1. The summed E-state index contributed by atoms with van der Waals surface area (Å²) in [6, 6.07) is 18.8. The first-order valence-corrected chi connectivity index (χ1v) is 8.72. The normalized spacial score (nSPS) is 19.8. The Morgan fingerprint density at radius 1 is 0.960 bits per heavy atom. The van der Waals surface area contributed by atoms with Crippen molar-refractivity contribution in [3.05, 3.63) is 65.7 Å². The van der Waals surface area contributed by atoms with Crippen molar-refractivity contribution in [1.82, 2.24) is 10.2 Å². The summed E-state index contributed by atoms with van der Waals surface area (Å²) in [4.78, 5) is 27.4. The molecule has 1 saturated heterocycles. The van der Waals surface area contributed by atoms with Gasteiger partial charge in [-0.25, -0.2) is 4.79 Å². The number of rotatable bonds is 4. The molecule has 25 heavy (non-hydrogen) atoms. The van der Waals surface area contributed by atoms with Crippen LogP contribution in [0.1, 0.15) is 23.6 Å². The van der Waals surface area contributed by atoms with Gasteiger partial charge in [0, 0.05) is 18.8 Å². The van der Waals surface area contributed by atoms with Gasteiger partial charge in [-0.15, -0.1) is 0 Å². The third kappa shape index (κ3) is 2.97. The lowest BCUT2D eigenvalue weighted by Crippen LogP contribution is -2.42. The van der Waals surface area contributed by atoms with Crippen LogP contribution in [0.5, 0.6) is 0 Å². The molecule has 1 atom stereocenters. The fourth-order valence-electron chi connectivity index (χ4n) is 3.81. The van der Waals surface area contributed by atoms with Crippen molar-refractivity contribution in [2.75, 3.05) is 24.5 Å². The number of hydrogen-bond acceptors (Lipinski definition) is 3. The van der Waals surface area contributed by atoms with Crippen LogP contribution in [0, 0.1) is 0 Å². The van der Waals surface area contributed by atoms with Crippen LogP contribution in [-0.2, 0) is 11.2 Å². The molecule has 1 unspecified atom stereocenters. The number of benzene rings is 2. The SMILES string of the molecule is O=C1CNC(=O)N1CCN1c2ccccc2CCC1c1ccccc1. The van der Waals surface area contributed by atoms with Crippen LogP contribution in [0.2, 0.25) is 0 Å². The van der Waals surface area contributed by atoms with Gasteiger partial charge in [0.05, 0.1) is 12.6 Å². The van der Waals surface area contributed by atoms with Crippen LogP contribution in [-0.4, -0.2) is 36.5 Å². The highest BCUT2D eigenvalue weighted by atomic mass is 16.2. The molecule has 0 aliphatic carbocycles. The van der Waals surface area contributed by atoms with Crippen LogP contribution in [0.4, 0.5) is 10.5 Å². The van der Waals surface area contributed by atoms with Crippen molar-refractivity contribution in [3.63, 3.8) is 0 Å². The molecule has 2 aromatic carbocycles. The van der Waals surface area contributed by atoms with E-state index >= 15 is 0 Å². The van der Waals surface area contributed by atoms with E-state index in [-0.39, 0.29) is 24.5 Å². The molecule has 2 aliphatic heterocycles. The Hall–Kier alpha value is -2.82. The highest BCUT2D eigenvalue weighted by molar-refractivity contribution is 6.01. The standard InChI is InChI=1S/C20H21N3O2/c24-19-14-21-20(25)23(19)13-12-22-17-9-5-4-8-16(17)10-11-18(22)15-6-2-1-3-7-15/h1-9,18H,10-14H2,(H,21,25). The zero-order valence-electron chi connectivity index (χ0n) is 14.0. The number of amides is 3. The zero-order chi connectivity index (χ0) is 17.2. The third-order valence-corrected chi connectivity index (χ3v) is 5.05. The molecule has 0 saturated carbocycles. The van der Waals surface area contributed by atoms with Crippen LogP contribution >= 0.6 is 0 Å². The highest BCUT2D eigenvalue weighted by Gasteiger charge is 2.31. The molecule has 2 aromatic rings. The van der Waals surface area contributed by atoms with E-state index in [4.69, 9.17) is 0 Å². The quantitative estimate of drug-likeness (QED) is 0.874. The molecule has 1 N–H and O–H groups in total. The van der Waals surface area contributed by atoms with Crippen molar-refractivity contribution in [1.29, 1.82) is 0 Å². The average molecular weight is 335 g/mol. The molecule has 5 heteroatoms. The molecule has 0 spiro atoms. The first-order chi connectivity index (χ1) is 12.2. The van der Waals surface area contributed by atoms with Crippen molar-refractivity contribution >= 4 is 17.6 Å². The number of fused-ring (bicyclic) bond motifs is 1. The Morgan fingerprint density at radius 2 is 1.72 bits per heavy atom. The maximum absolute atomic E-state index is 11.9. The second-order valence-corrected chi connectivity index (χ2v) is 6.49. The van der Waals surface area contributed by atoms with Crippen molar-refractivity contribution in [2.45, 2.75) is 18.9 Å². The van der Waals surface area contributed by atoms with Gasteiger partial charge in [-0.2, -0.15) is 0 Å². The number of para-hydroxylation sites is 1. The van der Waals surface area contributed by atoms with E-state index in [9.17, 15) is 9.59 Å². The molecular weight excluding hydrogens is 314 g/mol. The van der Waals surface area contributed by atoms with Crippen LogP contribution in [0.3, 0.4) is 0 Å². The first kappa shape index (κ1) is 15.7. The zero-order valence-corrected chi connectivity index (χ0v) is 14.0. The van der Waals surface area contributed by atoms with Crippen molar-refractivity contribution in [3.8, 4) is 0 Å². The largest absolute Gasteiger partial charge is 0.362 e. The van der Waals surface area contributed by atoms with Gasteiger partial charge in [0.1, 0.15) is 0 Å². The van der Waals surface area contributed by atoms with Gasteiger partial charge >= 0.3 is 6.03 Å². The number of imide groups is 1. The number of urea groups is 1. The van der Waals surface area contributed by atoms with E-state index in [2.05, 4.69) is 52.7 Å². The fraction of sp³-hybridized carbons (Fsp3) is 0.300. The molecule has 5 nitrogen and oxygen atoms in total. The molecular formula is C20H21N3O2. The minimum absolute atomic E-state index is 0.109. The van der Waals surface area contributed by atoms with E-state index in [1.54, 1.807) is 0 Å². The maximum atomic E-state index is 11.9. The van der Waals surface area contributed by atoms with E-state index < -0.39 is 0 Å². The van der Waals surface area contributed by atoms with Gasteiger partial charge in [-0.1, -0.05) is 48.5 Å². The van der Waals surface area contributed by atoms with E-state index in [1.807, 2.05) is 12.1 Å². The number of hydrogen-bond donors (Lipinski definition) is 1. The molecule has 2 heterocycles. The highest BCUT2D eigenvalue weighted by Crippen LogP contribution is 2.38. The predicted octanol–water partition coefficient (Wildman–Crippen LogP) is 2.73. The van der Waals surface area contributed by atoms with Gasteiger partial charge < -0.3 is 10.2 Å². The summed E-state index contributed by atoms with van der Waals surface area (Å²) in [6.07, 6.45) is 2.07. The lowest BCUT2D eigenvalue weighted by molar-refractivity contribution is -0.124. The summed E-state index contributed by atoms with van der Waals surface area (Å²) < 4.78 is 0. The minimum Gasteiger partial charge on any atom is -0.362 e. The third-order valence-electron chi connectivity index (χ3n) is 5.05. The topological polar surface area (TPSA) is 52.7 Å². The predicted molar refractivity (Wildman–Crippen MR) is 96.4 cm³/mol. The molecule has 1 fully saturated rings. The summed E-state index contributed by atoms with van der Waals surface area (Å²) in [5.74, 6) is -0.147. The summed E-state index contributed by atoms with van der Waals surface area (Å²) in [5, 5.41) is 2.59. The van der Waals surface area contributed by atoms with Crippen molar-refractivity contribution < 1.29 is 9.59 Å². The van der Waals surface area contributed by atoms with E-state index in [0.29, 0.717) is 13.1 Å². The van der Waals surface area contributed by atoms with Crippen LogP contribution < -0.4 is 10.2 Å². The van der Waals surface area contributed by atoms with Crippen LogP contribution in [0.25, 0.3) is 0 Å².